The van der Waals surface area contributed by atoms with Gasteiger partial charge >= 0.3 is 5.97 Å². The number of aromatic amines is 1. The van der Waals surface area contributed by atoms with Gasteiger partial charge in [-0.25, -0.2) is 0 Å². The summed E-state index contributed by atoms with van der Waals surface area (Å²) in [5.74, 6) is -3.18. The minimum atomic E-state index is -1.22. The Bertz CT molecular complexity index is 1080. The van der Waals surface area contributed by atoms with E-state index in [2.05, 4.69) is 25.9 Å². The quantitative estimate of drug-likeness (QED) is 0.0915. The predicted molar refractivity (Wildman–Crippen MR) is 130 cm³/mol. The SMILES string of the molecule is CC(NC(=O)C(CCCN=C(N)N)NC(=O)CNC(=O)C(N)Cc1c[nH]c2ccccc12)C(=O)O. The molecule has 0 aliphatic heterocycles. The number of amides is 3. The van der Waals surface area contributed by atoms with Gasteiger partial charge in [0, 0.05) is 23.6 Å². The van der Waals surface area contributed by atoms with Crippen LogP contribution in [0.15, 0.2) is 35.5 Å². The summed E-state index contributed by atoms with van der Waals surface area (Å²) in [5, 5.41) is 17.2. The van der Waals surface area contributed by atoms with Gasteiger partial charge in [0.25, 0.3) is 0 Å². The molecule has 11 N–H and O–H groups in total. The van der Waals surface area contributed by atoms with E-state index in [1.54, 1.807) is 6.20 Å². The summed E-state index contributed by atoms with van der Waals surface area (Å²) >= 11 is 0. The summed E-state index contributed by atoms with van der Waals surface area (Å²) in [7, 11) is 0. The Hall–Kier alpha value is -4.13. The summed E-state index contributed by atoms with van der Waals surface area (Å²) in [6.45, 7) is 1.11. The number of guanidine groups is 1. The number of rotatable bonds is 13. The first-order valence-electron chi connectivity index (χ1n) is 11.0. The van der Waals surface area contributed by atoms with Crippen molar-refractivity contribution in [2.24, 2.45) is 22.2 Å². The number of nitrogens with zero attached hydrogens (tertiary/aromatic N) is 1. The summed E-state index contributed by atoms with van der Waals surface area (Å²) in [6, 6.07) is 4.52. The molecule has 1 heterocycles. The van der Waals surface area contributed by atoms with E-state index in [9.17, 15) is 19.2 Å². The number of nitrogens with two attached hydrogens (primary N) is 3. The topological polar surface area (TPSA) is 231 Å². The van der Waals surface area contributed by atoms with Gasteiger partial charge in [0.05, 0.1) is 12.6 Å². The molecule has 1 aromatic heterocycles. The van der Waals surface area contributed by atoms with Crippen molar-refractivity contribution in [1.29, 1.82) is 0 Å². The van der Waals surface area contributed by atoms with Gasteiger partial charge in [-0.05, 0) is 37.8 Å². The Labute approximate surface area is 201 Å². The van der Waals surface area contributed by atoms with Crippen LogP contribution in [-0.2, 0) is 25.6 Å². The molecule has 3 amide bonds. The molecule has 0 saturated heterocycles. The van der Waals surface area contributed by atoms with Gasteiger partial charge < -0.3 is 43.2 Å². The minimum Gasteiger partial charge on any atom is -0.480 e. The fourth-order valence-corrected chi connectivity index (χ4v) is 3.32. The first-order chi connectivity index (χ1) is 16.6. The summed E-state index contributed by atoms with van der Waals surface area (Å²) in [4.78, 5) is 55.2. The van der Waals surface area contributed by atoms with Crippen LogP contribution in [0.25, 0.3) is 10.9 Å². The van der Waals surface area contributed by atoms with Crippen LogP contribution in [-0.4, -0.2) is 71.0 Å². The average Bonchev–Trinajstić information content (AvgIpc) is 3.21. The van der Waals surface area contributed by atoms with E-state index in [1.807, 2.05) is 24.3 Å². The fourth-order valence-electron chi connectivity index (χ4n) is 3.32. The van der Waals surface area contributed by atoms with E-state index in [-0.39, 0.29) is 25.3 Å². The van der Waals surface area contributed by atoms with Crippen LogP contribution in [0, 0.1) is 0 Å². The number of carbonyl (C=O) groups excluding carboxylic acids is 3. The Morgan fingerprint density at radius 2 is 1.83 bits per heavy atom. The van der Waals surface area contributed by atoms with E-state index in [0.29, 0.717) is 6.42 Å². The normalized spacial score (nSPS) is 13.3. The second-order valence-corrected chi connectivity index (χ2v) is 8.03. The molecule has 0 bridgehead atoms. The van der Waals surface area contributed by atoms with Crippen molar-refractivity contribution < 1.29 is 24.3 Å². The van der Waals surface area contributed by atoms with Crippen LogP contribution < -0.4 is 33.2 Å². The van der Waals surface area contributed by atoms with Crippen LogP contribution >= 0.6 is 0 Å². The molecule has 0 fully saturated rings. The zero-order valence-electron chi connectivity index (χ0n) is 19.4. The lowest BCUT2D eigenvalue weighted by atomic mass is 10.1. The number of para-hydroxylation sites is 1. The fraction of sp³-hybridized carbons (Fsp3) is 0.409. The highest BCUT2D eigenvalue weighted by molar-refractivity contribution is 5.92. The largest absolute Gasteiger partial charge is 0.480 e. The number of aliphatic imine (C=N–C) groups is 1. The number of carbonyl (C=O) groups is 4. The molecule has 190 valence electrons. The smallest absolute Gasteiger partial charge is 0.325 e. The molecule has 0 aliphatic carbocycles. The molecule has 2 aromatic rings. The Balaban J connectivity index is 1.90. The Kier molecular flexibility index (Phi) is 10.0. The second-order valence-electron chi connectivity index (χ2n) is 8.03. The van der Waals surface area contributed by atoms with Crippen LogP contribution in [0.3, 0.4) is 0 Å². The third-order valence-electron chi connectivity index (χ3n) is 5.20. The van der Waals surface area contributed by atoms with E-state index in [1.165, 1.54) is 6.92 Å². The van der Waals surface area contributed by atoms with Crippen molar-refractivity contribution in [3.05, 3.63) is 36.0 Å². The van der Waals surface area contributed by atoms with Crippen molar-refractivity contribution in [3.63, 3.8) is 0 Å². The first kappa shape index (κ1) is 27.1. The molecule has 3 unspecified atom stereocenters. The molecular weight excluding hydrogens is 456 g/mol. The number of hydrogen-bond donors (Lipinski definition) is 8. The van der Waals surface area contributed by atoms with Gasteiger partial charge in [0.1, 0.15) is 12.1 Å². The first-order valence-corrected chi connectivity index (χ1v) is 11.0. The van der Waals surface area contributed by atoms with Gasteiger partial charge in [-0.2, -0.15) is 0 Å². The molecule has 13 nitrogen and oxygen atoms in total. The van der Waals surface area contributed by atoms with Crippen molar-refractivity contribution in [3.8, 4) is 0 Å². The molecule has 3 atom stereocenters. The number of hydrogen-bond acceptors (Lipinski definition) is 6. The zero-order valence-corrected chi connectivity index (χ0v) is 19.4. The second kappa shape index (κ2) is 12.9. The number of aromatic nitrogens is 1. The lowest BCUT2D eigenvalue weighted by molar-refractivity contribution is -0.141. The van der Waals surface area contributed by atoms with Gasteiger partial charge in [0.15, 0.2) is 5.96 Å². The van der Waals surface area contributed by atoms with Crippen LogP contribution in [0.4, 0.5) is 0 Å². The minimum absolute atomic E-state index is 0.110. The van der Waals surface area contributed by atoms with Gasteiger partial charge in [0.2, 0.25) is 17.7 Å². The van der Waals surface area contributed by atoms with E-state index in [0.717, 1.165) is 16.5 Å². The molecule has 1 aromatic carbocycles. The lowest BCUT2D eigenvalue weighted by Crippen LogP contribution is -2.53. The number of H-pyrrole nitrogens is 1. The molecular formula is C22H32N8O5. The standard InChI is InChI=1S/C22H32N8O5/c1-12(21(34)35)29-20(33)17(7-4-8-26-22(24)25)30-18(31)11-28-19(32)15(23)9-13-10-27-16-6-3-2-5-14(13)16/h2-3,5-6,10,12,15,17,27H,4,7-9,11,23H2,1H3,(H,28,32)(H,29,33)(H,30,31)(H,34,35)(H4,24,25,26). The molecule has 13 heteroatoms. The predicted octanol–water partition coefficient (Wildman–Crippen LogP) is -1.72. The monoisotopic (exact) mass is 488 g/mol. The average molecular weight is 489 g/mol. The highest BCUT2D eigenvalue weighted by atomic mass is 16.4. The number of carboxylic acid groups (broad SMARTS) is 1. The third-order valence-corrected chi connectivity index (χ3v) is 5.20. The molecule has 2 rings (SSSR count). The summed E-state index contributed by atoms with van der Waals surface area (Å²) < 4.78 is 0. The van der Waals surface area contributed by atoms with Gasteiger partial charge in [-0.1, -0.05) is 18.2 Å². The van der Waals surface area contributed by atoms with E-state index >= 15 is 0 Å². The Morgan fingerprint density at radius 1 is 1.11 bits per heavy atom. The highest BCUT2D eigenvalue weighted by Gasteiger charge is 2.24. The number of benzene rings is 1. The van der Waals surface area contributed by atoms with Gasteiger partial charge in [-0.15, -0.1) is 0 Å². The molecule has 0 radical (unpaired) electrons. The summed E-state index contributed by atoms with van der Waals surface area (Å²) in [6.07, 6.45) is 2.54. The van der Waals surface area contributed by atoms with Crippen molar-refractivity contribution in [2.45, 2.75) is 44.3 Å². The maximum atomic E-state index is 12.5. The third kappa shape index (κ3) is 8.62. The number of fused-ring (bicyclic) bond motifs is 1. The molecule has 0 saturated carbocycles. The van der Waals surface area contributed by atoms with Crippen molar-refractivity contribution >= 4 is 40.6 Å². The number of nitrogens with one attached hydrogen (secondary N) is 4. The maximum absolute atomic E-state index is 12.5. The van der Waals surface area contributed by atoms with Crippen molar-refractivity contribution in [1.82, 2.24) is 20.9 Å². The number of carboxylic acids is 1. The van der Waals surface area contributed by atoms with Crippen molar-refractivity contribution in [2.75, 3.05) is 13.1 Å². The van der Waals surface area contributed by atoms with Gasteiger partial charge in [-0.3, -0.25) is 24.2 Å². The van der Waals surface area contributed by atoms with E-state index in [4.69, 9.17) is 22.3 Å². The maximum Gasteiger partial charge on any atom is 0.325 e. The zero-order chi connectivity index (χ0) is 26.0. The molecule has 0 spiro atoms. The highest BCUT2D eigenvalue weighted by Crippen LogP contribution is 2.18. The molecule has 0 aliphatic rings. The lowest BCUT2D eigenvalue weighted by Gasteiger charge is -2.20. The van der Waals surface area contributed by atoms with Crippen LogP contribution in [0.5, 0.6) is 0 Å². The number of aliphatic carboxylic acids is 1. The Morgan fingerprint density at radius 3 is 2.51 bits per heavy atom. The van der Waals surface area contributed by atoms with Crippen LogP contribution in [0.1, 0.15) is 25.3 Å². The molecule has 35 heavy (non-hydrogen) atoms. The van der Waals surface area contributed by atoms with Crippen LogP contribution in [0.2, 0.25) is 0 Å². The van der Waals surface area contributed by atoms with E-state index < -0.39 is 48.4 Å². The summed E-state index contributed by atoms with van der Waals surface area (Å²) in [5.41, 5.74) is 18.4.